The Balaban J connectivity index is 1.36. The lowest BCUT2D eigenvalue weighted by molar-refractivity contribution is -0.137. The predicted molar refractivity (Wildman–Crippen MR) is 110 cm³/mol. The van der Waals surface area contributed by atoms with Gasteiger partial charge in [-0.15, -0.1) is 6.42 Å². The van der Waals surface area contributed by atoms with E-state index in [4.69, 9.17) is 6.42 Å². The van der Waals surface area contributed by atoms with E-state index in [9.17, 15) is 14.4 Å². The minimum atomic E-state index is -1.01. The summed E-state index contributed by atoms with van der Waals surface area (Å²) in [6, 6.07) is 4.69. The summed E-state index contributed by atoms with van der Waals surface area (Å²) in [6.07, 6.45) is 13.0. The van der Waals surface area contributed by atoms with Gasteiger partial charge in [0.2, 0.25) is 0 Å². The van der Waals surface area contributed by atoms with E-state index in [1.165, 1.54) is 4.90 Å². The molecule has 1 N–H and O–H groups in total. The molecule has 0 saturated carbocycles. The largest absolute Gasteiger partial charge is 0.353 e. The zero-order chi connectivity index (χ0) is 21.1. The molecule has 0 aliphatic carbocycles. The highest BCUT2D eigenvalue weighted by atomic mass is 16.2. The molecule has 7 heteroatoms. The molecule has 1 saturated heterocycles. The van der Waals surface area contributed by atoms with Crippen LogP contribution in [-0.2, 0) is 29.1 Å². The van der Waals surface area contributed by atoms with Crippen LogP contribution in [0.4, 0.5) is 0 Å². The summed E-state index contributed by atoms with van der Waals surface area (Å²) in [5, 5.41) is 6.93. The molecule has 1 atom stereocenters. The third-order valence-corrected chi connectivity index (χ3v) is 5.76. The number of carbonyl (C=O) groups excluding carboxylic acids is 3. The van der Waals surface area contributed by atoms with Crippen molar-refractivity contribution in [1.29, 1.82) is 0 Å². The number of ketones is 1. The molecule has 1 aromatic heterocycles. The summed E-state index contributed by atoms with van der Waals surface area (Å²) in [5.41, 5.74) is 3.45. The predicted octanol–water partition coefficient (Wildman–Crippen LogP) is 1.69. The van der Waals surface area contributed by atoms with E-state index in [2.05, 4.69) is 16.3 Å². The molecular formula is C23H24N4O3. The molecule has 2 amide bonds. The van der Waals surface area contributed by atoms with Crippen molar-refractivity contribution in [3.05, 3.63) is 52.8 Å². The average molecular weight is 404 g/mol. The Hall–Kier alpha value is -3.40. The molecule has 2 aliphatic rings. The van der Waals surface area contributed by atoms with Crippen LogP contribution in [0, 0.1) is 12.3 Å². The van der Waals surface area contributed by atoms with Crippen molar-refractivity contribution in [2.45, 2.75) is 51.2 Å². The third kappa shape index (κ3) is 3.86. The summed E-state index contributed by atoms with van der Waals surface area (Å²) >= 11 is 0. The molecule has 0 radical (unpaired) electrons. The van der Waals surface area contributed by atoms with Gasteiger partial charge in [0, 0.05) is 37.8 Å². The number of amides is 2. The van der Waals surface area contributed by atoms with Gasteiger partial charge in [-0.3, -0.25) is 19.1 Å². The first-order chi connectivity index (χ1) is 14.6. The molecule has 2 aliphatic heterocycles. The van der Waals surface area contributed by atoms with Crippen molar-refractivity contribution in [3.63, 3.8) is 0 Å². The Morgan fingerprint density at radius 3 is 2.83 bits per heavy atom. The highest BCUT2D eigenvalue weighted by Crippen LogP contribution is 2.29. The molecule has 0 bridgehead atoms. The van der Waals surface area contributed by atoms with Crippen LogP contribution in [-0.4, -0.2) is 44.9 Å². The van der Waals surface area contributed by atoms with Crippen LogP contribution in [0.2, 0.25) is 0 Å². The van der Waals surface area contributed by atoms with Crippen molar-refractivity contribution < 1.29 is 14.4 Å². The maximum absolute atomic E-state index is 12.9. The Morgan fingerprint density at radius 2 is 2.07 bits per heavy atom. The Bertz CT molecular complexity index is 1020. The monoisotopic (exact) mass is 404 g/mol. The van der Waals surface area contributed by atoms with Crippen LogP contribution in [0.1, 0.15) is 52.7 Å². The van der Waals surface area contributed by atoms with Crippen molar-refractivity contribution in [2.24, 2.45) is 0 Å². The number of unbranched alkanes of at least 4 members (excludes halogenated alkanes) is 2. The Labute approximate surface area is 175 Å². The zero-order valence-corrected chi connectivity index (χ0v) is 16.8. The first-order valence-corrected chi connectivity index (χ1v) is 10.3. The third-order valence-electron chi connectivity index (χ3n) is 5.76. The van der Waals surface area contributed by atoms with Crippen LogP contribution in [0.5, 0.6) is 0 Å². The second-order valence-electron chi connectivity index (χ2n) is 7.73. The first-order valence-electron chi connectivity index (χ1n) is 10.3. The minimum absolute atomic E-state index is 0.187. The molecule has 7 nitrogen and oxygen atoms in total. The van der Waals surface area contributed by atoms with Crippen LogP contribution < -0.4 is 5.32 Å². The molecule has 30 heavy (non-hydrogen) atoms. The number of nitrogens with one attached hydrogen (secondary N) is 1. The number of piperidine rings is 1. The van der Waals surface area contributed by atoms with Crippen molar-refractivity contribution in [2.75, 3.05) is 6.54 Å². The fraction of sp³-hybridized carbons (Fsp3) is 0.391. The Morgan fingerprint density at radius 1 is 1.20 bits per heavy atom. The fourth-order valence-electron chi connectivity index (χ4n) is 4.19. The summed E-state index contributed by atoms with van der Waals surface area (Å²) < 4.78 is 1.86. The molecule has 2 aromatic rings. The summed E-state index contributed by atoms with van der Waals surface area (Å²) in [6.45, 7) is 1.48. The maximum atomic E-state index is 12.9. The number of rotatable bonds is 7. The van der Waals surface area contributed by atoms with E-state index in [1.807, 2.05) is 23.0 Å². The smallest absolute Gasteiger partial charge is 0.255 e. The van der Waals surface area contributed by atoms with E-state index < -0.39 is 6.04 Å². The second-order valence-corrected chi connectivity index (χ2v) is 7.73. The van der Waals surface area contributed by atoms with E-state index in [0.29, 0.717) is 18.7 Å². The topological polar surface area (TPSA) is 84.3 Å². The number of hydrogen-bond acceptors (Lipinski definition) is 4. The first kappa shape index (κ1) is 19.9. The maximum Gasteiger partial charge on any atom is 0.255 e. The number of carbonyl (C=O) groups is 3. The summed E-state index contributed by atoms with van der Waals surface area (Å²) in [7, 11) is 0. The van der Waals surface area contributed by atoms with Gasteiger partial charge in [-0.05, 0) is 36.5 Å². The quantitative estimate of drug-likeness (QED) is 0.432. The lowest BCUT2D eigenvalue weighted by Gasteiger charge is -2.28. The number of hydrogen-bond donors (Lipinski definition) is 1. The molecule has 1 fully saturated rings. The van der Waals surface area contributed by atoms with E-state index in [1.54, 1.807) is 12.3 Å². The lowest BCUT2D eigenvalue weighted by Crippen LogP contribution is -2.55. The molecule has 154 valence electrons. The molecule has 4 rings (SSSR count). The fourth-order valence-corrected chi connectivity index (χ4v) is 4.19. The number of Topliss-reactive ketones (excluding diaryl/α,β-unsaturated/α-hetero) is 1. The van der Waals surface area contributed by atoms with Gasteiger partial charge >= 0.3 is 0 Å². The number of aryl methyl sites for hydroxylation is 2. The summed E-state index contributed by atoms with van der Waals surface area (Å²) in [5.74, 6) is 1.78. The highest BCUT2D eigenvalue weighted by Gasteiger charge is 2.42. The van der Waals surface area contributed by atoms with Gasteiger partial charge in [-0.2, -0.15) is 5.10 Å². The Kier molecular flexibility index (Phi) is 5.66. The highest BCUT2D eigenvalue weighted by molar-refractivity contribution is 6.12. The number of fused-ring (bicyclic) bond motifs is 1. The van der Waals surface area contributed by atoms with Crippen LogP contribution in [0.25, 0.3) is 0 Å². The van der Waals surface area contributed by atoms with Crippen LogP contribution >= 0.6 is 0 Å². The van der Waals surface area contributed by atoms with E-state index >= 15 is 0 Å². The van der Waals surface area contributed by atoms with Gasteiger partial charge in [-0.1, -0.05) is 24.5 Å². The van der Waals surface area contributed by atoms with Crippen LogP contribution in [0.15, 0.2) is 30.6 Å². The zero-order valence-electron chi connectivity index (χ0n) is 16.8. The molecule has 0 spiro atoms. The SMILES string of the molecule is C#Cc1cnn(CCCCCc2cccc3c2CN(C2C(=O)CCNC2=O)C3=O)c1. The number of aromatic nitrogens is 2. The van der Waals surface area contributed by atoms with E-state index in [-0.39, 0.29) is 24.0 Å². The normalized spacial score (nSPS) is 18.3. The number of benzene rings is 1. The van der Waals surface area contributed by atoms with Gasteiger partial charge in [0.05, 0.1) is 11.8 Å². The summed E-state index contributed by atoms with van der Waals surface area (Å²) in [4.78, 5) is 38.8. The van der Waals surface area contributed by atoms with Gasteiger partial charge in [-0.25, -0.2) is 0 Å². The van der Waals surface area contributed by atoms with Gasteiger partial charge < -0.3 is 10.2 Å². The van der Waals surface area contributed by atoms with Gasteiger partial charge in [0.1, 0.15) is 0 Å². The molecule has 3 heterocycles. The molecular weight excluding hydrogens is 380 g/mol. The van der Waals surface area contributed by atoms with Crippen molar-refractivity contribution in [3.8, 4) is 12.3 Å². The van der Waals surface area contributed by atoms with Crippen LogP contribution in [0.3, 0.4) is 0 Å². The molecule has 1 unspecified atom stereocenters. The van der Waals surface area contributed by atoms with Gasteiger partial charge in [0.25, 0.3) is 11.8 Å². The minimum Gasteiger partial charge on any atom is -0.353 e. The number of nitrogens with zero attached hydrogens (tertiary/aromatic N) is 3. The number of terminal acetylenes is 1. The van der Waals surface area contributed by atoms with Crippen molar-refractivity contribution in [1.82, 2.24) is 20.0 Å². The standard InChI is InChI=1S/C23H24N4O3/c1-2-16-13-25-26(14-16)12-5-3-4-7-17-8-6-9-18-19(17)15-27(23(18)30)21-20(28)10-11-24-22(21)29/h1,6,8-9,13-14,21H,3-5,7,10-12,15H2,(H,24,29). The second kappa shape index (κ2) is 8.54. The van der Waals surface area contributed by atoms with Crippen molar-refractivity contribution >= 4 is 17.6 Å². The average Bonchev–Trinajstić information content (AvgIpc) is 3.33. The molecule has 1 aromatic carbocycles. The van der Waals surface area contributed by atoms with Gasteiger partial charge in [0.15, 0.2) is 11.8 Å². The van der Waals surface area contributed by atoms with E-state index in [0.717, 1.165) is 48.9 Å². The lowest BCUT2D eigenvalue weighted by atomic mass is 9.98.